The van der Waals surface area contributed by atoms with E-state index in [1.54, 1.807) is 26.0 Å². The fourth-order valence-electron chi connectivity index (χ4n) is 2.38. The number of urea groups is 1. The molecular weight excluding hydrogens is 334 g/mol. The summed E-state index contributed by atoms with van der Waals surface area (Å²) in [6.07, 6.45) is -0.0138. The van der Waals surface area contributed by atoms with Gasteiger partial charge in [-0.3, -0.25) is 14.5 Å². The fraction of sp³-hybridized carbons (Fsp3) is 0.438. The van der Waals surface area contributed by atoms with Crippen LogP contribution in [-0.2, 0) is 9.59 Å². The molecule has 0 radical (unpaired) electrons. The number of rotatable bonds is 5. The van der Waals surface area contributed by atoms with Gasteiger partial charge in [0.15, 0.2) is 0 Å². The monoisotopic (exact) mass is 353 g/mol. The van der Waals surface area contributed by atoms with Crippen LogP contribution in [0, 0.1) is 6.92 Å². The first-order valence-corrected chi connectivity index (χ1v) is 7.81. The Balaban J connectivity index is 2.01. The number of ether oxygens (including phenoxy) is 1. The molecule has 2 N–H and O–H groups in total. The number of hydrogen-bond donors (Lipinski definition) is 2. The van der Waals surface area contributed by atoms with Crippen LogP contribution in [0.25, 0.3) is 0 Å². The highest BCUT2D eigenvalue weighted by Gasteiger charge is 2.43. The number of carbonyl (C=O) groups is 3. The molecule has 1 heterocycles. The molecule has 8 heteroatoms. The number of nitrogens with one attached hydrogen (secondary N) is 2. The van der Waals surface area contributed by atoms with Crippen LogP contribution < -0.4 is 15.4 Å². The van der Waals surface area contributed by atoms with Crippen molar-refractivity contribution >= 4 is 35.1 Å². The van der Waals surface area contributed by atoms with Gasteiger partial charge in [-0.05, 0) is 32.4 Å². The molecule has 2 rings (SSSR count). The molecule has 1 aliphatic heterocycles. The maximum atomic E-state index is 12.1. The summed E-state index contributed by atoms with van der Waals surface area (Å²) in [7, 11) is 1.48. The molecule has 0 aromatic heterocycles. The number of nitrogens with zero attached hydrogens (tertiary/aromatic N) is 1. The molecule has 1 aliphatic rings. The molecule has 0 spiro atoms. The summed E-state index contributed by atoms with van der Waals surface area (Å²) in [6, 6.07) is 2.83. The lowest BCUT2D eigenvalue weighted by Crippen LogP contribution is -2.40. The van der Waals surface area contributed by atoms with E-state index < -0.39 is 11.6 Å². The van der Waals surface area contributed by atoms with Crippen molar-refractivity contribution in [3.63, 3.8) is 0 Å². The van der Waals surface area contributed by atoms with Crippen molar-refractivity contribution in [1.29, 1.82) is 0 Å². The zero-order chi connectivity index (χ0) is 18.1. The van der Waals surface area contributed by atoms with Crippen molar-refractivity contribution in [1.82, 2.24) is 10.2 Å². The maximum absolute atomic E-state index is 12.1. The summed E-state index contributed by atoms with van der Waals surface area (Å²) in [5, 5.41) is 5.81. The van der Waals surface area contributed by atoms with Crippen molar-refractivity contribution in [3.05, 3.63) is 22.7 Å². The van der Waals surface area contributed by atoms with E-state index in [1.165, 1.54) is 7.11 Å². The summed E-state index contributed by atoms with van der Waals surface area (Å²) in [5.41, 5.74) is 0.343. The second-order valence-electron chi connectivity index (χ2n) is 6.11. The molecular formula is C16H20ClN3O4. The van der Waals surface area contributed by atoms with E-state index in [-0.39, 0.29) is 24.8 Å². The lowest BCUT2D eigenvalue weighted by Gasteiger charge is -2.16. The predicted molar refractivity (Wildman–Crippen MR) is 90.3 cm³/mol. The lowest BCUT2D eigenvalue weighted by molar-refractivity contribution is -0.130. The summed E-state index contributed by atoms with van der Waals surface area (Å²) in [6.45, 7) is 5.06. The minimum atomic E-state index is -0.940. The van der Waals surface area contributed by atoms with E-state index in [1.807, 2.05) is 6.92 Å². The highest BCUT2D eigenvalue weighted by molar-refractivity contribution is 6.31. The number of aryl methyl sites for hydroxylation is 1. The van der Waals surface area contributed by atoms with Crippen LogP contribution in [0.2, 0.25) is 5.02 Å². The Kier molecular flexibility index (Phi) is 5.03. The molecule has 0 atom stereocenters. The van der Waals surface area contributed by atoms with Gasteiger partial charge in [0.25, 0.3) is 5.91 Å². The zero-order valence-electron chi connectivity index (χ0n) is 14.0. The van der Waals surface area contributed by atoms with Gasteiger partial charge in [-0.2, -0.15) is 0 Å². The van der Waals surface area contributed by atoms with Gasteiger partial charge in [0.2, 0.25) is 5.91 Å². The summed E-state index contributed by atoms with van der Waals surface area (Å²) >= 11 is 6.03. The normalized spacial score (nSPS) is 16.1. The van der Waals surface area contributed by atoms with Crippen molar-refractivity contribution < 1.29 is 19.1 Å². The Morgan fingerprint density at radius 3 is 2.58 bits per heavy atom. The number of carbonyl (C=O) groups excluding carboxylic acids is 3. The minimum absolute atomic E-state index is 0.00875. The topological polar surface area (TPSA) is 87.7 Å². The Morgan fingerprint density at radius 1 is 1.38 bits per heavy atom. The molecule has 1 aromatic rings. The molecule has 0 unspecified atom stereocenters. The Bertz CT molecular complexity index is 703. The number of halogens is 1. The molecule has 0 bridgehead atoms. The van der Waals surface area contributed by atoms with Gasteiger partial charge in [0, 0.05) is 24.1 Å². The molecule has 4 amide bonds. The van der Waals surface area contributed by atoms with Gasteiger partial charge in [0.1, 0.15) is 11.3 Å². The minimum Gasteiger partial charge on any atom is -0.495 e. The van der Waals surface area contributed by atoms with Crippen molar-refractivity contribution in [2.24, 2.45) is 0 Å². The number of anilines is 1. The van der Waals surface area contributed by atoms with Gasteiger partial charge in [-0.15, -0.1) is 0 Å². The van der Waals surface area contributed by atoms with Crippen LogP contribution in [0.4, 0.5) is 10.5 Å². The van der Waals surface area contributed by atoms with E-state index in [2.05, 4.69) is 10.6 Å². The van der Waals surface area contributed by atoms with E-state index in [4.69, 9.17) is 16.3 Å². The molecule has 130 valence electrons. The van der Waals surface area contributed by atoms with E-state index >= 15 is 0 Å². The lowest BCUT2D eigenvalue weighted by atomic mass is 10.1. The van der Waals surface area contributed by atoms with Crippen molar-refractivity contribution in [3.8, 4) is 5.75 Å². The molecule has 1 aromatic carbocycles. The quantitative estimate of drug-likeness (QED) is 0.795. The summed E-state index contributed by atoms with van der Waals surface area (Å²) < 4.78 is 5.19. The second kappa shape index (κ2) is 6.68. The van der Waals surface area contributed by atoms with Crippen LogP contribution in [0.1, 0.15) is 25.8 Å². The van der Waals surface area contributed by atoms with Crippen LogP contribution in [0.5, 0.6) is 5.75 Å². The third-order valence-corrected chi connectivity index (χ3v) is 4.17. The maximum Gasteiger partial charge on any atom is 0.325 e. The van der Waals surface area contributed by atoms with Crippen LogP contribution in [-0.4, -0.2) is 41.9 Å². The zero-order valence-corrected chi connectivity index (χ0v) is 14.8. The average molecular weight is 354 g/mol. The van der Waals surface area contributed by atoms with Crippen LogP contribution in [0.15, 0.2) is 12.1 Å². The fourth-order valence-corrected chi connectivity index (χ4v) is 2.53. The van der Waals surface area contributed by atoms with E-state index in [0.29, 0.717) is 16.5 Å². The molecule has 7 nitrogen and oxygen atoms in total. The number of benzene rings is 1. The van der Waals surface area contributed by atoms with Crippen molar-refractivity contribution in [2.45, 2.75) is 32.7 Å². The molecule has 1 fully saturated rings. The van der Waals surface area contributed by atoms with Crippen LogP contribution in [0.3, 0.4) is 0 Å². The highest BCUT2D eigenvalue weighted by Crippen LogP contribution is 2.31. The Morgan fingerprint density at radius 2 is 2.04 bits per heavy atom. The number of methoxy groups -OCH3 is 1. The molecule has 0 aliphatic carbocycles. The summed E-state index contributed by atoms with van der Waals surface area (Å²) in [5.74, 6) is -0.240. The third kappa shape index (κ3) is 3.62. The van der Waals surface area contributed by atoms with Gasteiger partial charge in [0.05, 0.1) is 12.8 Å². The Hall–Kier alpha value is -2.28. The second-order valence-corrected chi connectivity index (χ2v) is 6.52. The van der Waals surface area contributed by atoms with Crippen molar-refractivity contribution in [2.75, 3.05) is 19.0 Å². The van der Waals surface area contributed by atoms with E-state index in [0.717, 1.165) is 10.5 Å². The first-order valence-electron chi connectivity index (χ1n) is 7.44. The highest BCUT2D eigenvalue weighted by atomic mass is 35.5. The first-order chi connectivity index (χ1) is 11.2. The van der Waals surface area contributed by atoms with Gasteiger partial charge < -0.3 is 15.4 Å². The SMILES string of the molecule is COc1cc(Cl)c(C)cc1NC(=O)CCN1C(=O)NC(C)(C)C1=O. The largest absolute Gasteiger partial charge is 0.495 e. The summed E-state index contributed by atoms with van der Waals surface area (Å²) in [4.78, 5) is 37.0. The number of amides is 4. The first kappa shape index (κ1) is 18.1. The number of hydrogen-bond acceptors (Lipinski definition) is 4. The van der Waals surface area contributed by atoms with Gasteiger partial charge in [-0.1, -0.05) is 11.6 Å². The van der Waals surface area contributed by atoms with Gasteiger partial charge >= 0.3 is 6.03 Å². The number of imide groups is 1. The predicted octanol–water partition coefficient (Wildman–Crippen LogP) is 2.32. The molecule has 24 heavy (non-hydrogen) atoms. The van der Waals surface area contributed by atoms with Crippen LogP contribution >= 0.6 is 11.6 Å². The smallest absolute Gasteiger partial charge is 0.325 e. The molecule has 1 saturated heterocycles. The Labute approximate surface area is 145 Å². The van der Waals surface area contributed by atoms with E-state index in [9.17, 15) is 14.4 Å². The third-order valence-electron chi connectivity index (χ3n) is 3.76. The van der Waals surface area contributed by atoms with Gasteiger partial charge in [-0.25, -0.2) is 4.79 Å². The average Bonchev–Trinajstić information content (AvgIpc) is 2.69. The molecule has 0 saturated carbocycles. The standard InChI is InChI=1S/C16H20ClN3O4/c1-9-7-11(12(24-4)8-10(9)17)18-13(21)5-6-20-14(22)16(2,3)19-15(20)23/h7-8H,5-6H2,1-4H3,(H,18,21)(H,19,23).